The van der Waals surface area contributed by atoms with Crippen LogP contribution in [0.15, 0.2) is 28.1 Å². The Labute approximate surface area is 88.4 Å². The van der Waals surface area contributed by atoms with Crippen molar-refractivity contribution in [3.63, 3.8) is 0 Å². The van der Waals surface area contributed by atoms with Gasteiger partial charge in [-0.1, -0.05) is 6.07 Å². The summed E-state index contributed by atoms with van der Waals surface area (Å²) in [5.74, 6) is 0.278. The second-order valence-electron chi connectivity index (χ2n) is 2.87. The third kappa shape index (κ3) is 2.33. The highest BCUT2D eigenvalue weighted by molar-refractivity contribution is 7.90. The zero-order valence-electron chi connectivity index (χ0n) is 7.70. The molecule has 1 aromatic rings. The average Bonchev–Trinajstić information content (AvgIpc) is 2.15. The monoisotopic (exact) mass is 231 g/mol. The number of hydrogen-bond acceptors (Lipinski definition) is 3. The lowest BCUT2D eigenvalue weighted by Crippen LogP contribution is -1.98. The minimum atomic E-state index is -3.27. The SMILES string of the molecule is C=Nc1ccc(CCl)cc1S(C)(=O)=O. The Morgan fingerprint density at radius 1 is 1.50 bits per heavy atom. The first-order valence-electron chi connectivity index (χ1n) is 3.84. The van der Waals surface area contributed by atoms with E-state index in [4.69, 9.17) is 11.6 Å². The second kappa shape index (κ2) is 4.11. The Bertz CT molecular complexity index is 454. The molecule has 0 amide bonds. The van der Waals surface area contributed by atoms with Gasteiger partial charge < -0.3 is 0 Å². The molecule has 1 aromatic carbocycles. The van der Waals surface area contributed by atoms with Crippen molar-refractivity contribution < 1.29 is 8.42 Å². The van der Waals surface area contributed by atoms with Crippen LogP contribution in [0.4, 0.5) is 5.69 Å². The molecule has 0 unspecified atom stereocenters. The van der Waals surface area contributed by atoms with Crippen molar-refractivity contribution in [1.29, 1.82) is 0 Å². The number of alkyl halides is 1. The van der Waals surface area contributed by atoms with Gasteiger partial charge in [-0.2, -0.15) is 0 Å². The van der Waals surface area contributed by atoms with Crippen LogP contribution >= 0.6 is 11.6 Å². The van der Waals surface area contributed by atoms with Gasteiger partial charge >= 0.3 is 0 Å². The Morgan fingerprint density at radius 3 is 2.57 bits per heavy atom. The van der Waals surface area contributed by atoms with Crippen LogP contribution in [0.1, 0.15) is 5.56 Å². The molecule has 0 heterocycles. The number of sulfone groups is 1. The fourth-order valence-electron chi connectivity index (χ4n) is 1.07. The molecule has 0 saturated carbocycles. The minimum absolute atomic E-state index is 0.172. The molecular weight excluding hydrogens is 222 g/mol. The smallest absolute Gasteiger partial charge is 0.177 e. The van der Waals surface area contributed by atoms with E-state index in [0.717, 1.165) is 11.8 Å². The maximum atomic E-state index is 11.3. The molecule has 0 aliphatic carbocycles. The van der Waals surface area contributed by atoms with Gasteiger partial charge in [0.1, 0.15) is 0 Å². The molecule has 0 bridgehead atoms. The summed E-state index contributed by atoms with van der Waals surface area (Å²) in [7, 11) is -3.27. The van der Waals surface area contributed by atoms with E-state index in [1.54, 1.807) is 12.1 Å². The number of aliphatic imine (C=N–C) groups is 1. The quantitative estimate of drug-likeness (QED) is 0.591. The van der Waals surface area contributed by atoms with Gasteiger partial charge in [0.15, 0.2) is 9.84 Å². The van der Waals surface area contributed by atoms with Gasteiger partial charge in [-0.3, -0.25) is 4.99 Å². The molecule has 0 radical (unpaired) electrons. The molecule has 0 aromatic heterocycles. The van der Waals surface area contributed by atoms with E-state index in [-0.39, 0.29) is 10.8 Å². The highest BCUT2D eigenvalue weighted by Gasteiger charge is 2.12. The van der Waals surface area contributed by atoms with E-state index in [9.17, 15) is 8.42 Å². The first-order chi connectivity index (χ1) is 6.49. The van der Waals surface area contributed by atoms with Gasteiger partial charge in [0.2, 0.25) is 0 Å². The summed E-state index contributed by atoms with van der Waals surface area (Å²) in [6.45, 7) is 3.31. The fourth-order valence-corrected chi connectivity index (χ4v) is 2.11. The van der Waals surface area contributed by atoms with Crippen LogP contribution in [0.5, 0.6) is 0 Å². The molecule has 76 valence electrons. The number of hydrogen-bond donors (Lipinski definition) is 0. The van der Waals surface area contributed by atoms with E-state index in [0.29, 0.717) is 5.69 Å². The lowest BCUT2D eigenvalue weighted by atomic mass is 10.2. The van der Waals surface area contributed by atoms with E-state index < -0.39 is 9.84 Å². The van der Waals surface area contributed by atoms with Crippen molar-refractivity contribution in [2.24, 2.45) is 4.99 Å². The largest absolute Gasteiger partial charge is 0.263 e. The van der Waals surface area contributed by atoms with Crippen LogP contribution in [0.3, 0.4) is 0 Å². The van der Waals surface area contributed by atoms with Crippen LogP contribution in [0, 0.1) is 0 Å². The van der Waals surface area contributed by atoms with Crippen molar-refractivity contribution in [2.45, 2.75) is 10.8 Å². The Hall–Kier alpha value is -0.870. The molecule has 0 aliphatic rings. The number of nitrogens with zero attached hydrogens (tertiary/aromatic N) is 1. The summed E-state index contributed by atoms with van der Waals surface area (Å²) in [6.07, 6.45) is 1.13. The molecule has 0 aliphatic heterocycles. The zero-order chi connectivity index (χ0) is 10.8. The lowest BCUT2D eigenvalue weighted by Gasteiger charge is -2.04. The molecule has 14 heavy (non-hydrogen) atoms. The molecule has 0 atom stereocenters. The molecule has 1 rings (SSSR count). The normalized spacial score (nSPS) is 11.3. The number of rotatable bonds is 3. The van der Waals surface area contributed by atoms with E-state index >= 15 is 0 Å². The number of benzene rings is 1. The third-order valence-electron chi connectivity index (χ3n) is 1.75. The summed E-state index contributed by atoms with van der Waals surface area (Å²) >= 11 is 5.60. The predicted molar refractivity (Wildman–Crippen MR) is 58.3 cm³/mol. The fraction of sp³-hybridized carbons (Fsp3) is 0.222. The van der Waals surface area contributed by atoms with Crippen molar-refractivity contribution in [1.82, 2.24) is 0 Å². The molecular formula is C9H10ClNO2S. The van der Waals surface area contributed by atoms with Crippen molar-refractivity contribution in [3.05, 3.63) is 23.8 Å². The van der Waals surface area contributed by atoms with Crippen LogP contribution in [0.25, 0.3) is 0 Å². The second-order valence-corrected chi connectivity index (χ2v) is 5.12. The molecule has 0 spiro atoms. The average molecular weight is 232 g/mol. The maximum absolute atomic E-state index is 11.3. The highest BCUT2D eigenvalue weighted by Crippen LogP contribution is 2.25. The standard InChI is InChI=1S/C9H10ClNO2S/c1-11-8-4-3-7(6-10)5-9(8)14(2,12)13/h3-5H,1,6H2,2H3. The topological polar surface area (TPSA) is 46.5 Å². The highest BCUT2D eigenvalue weighted by atomic mass is 35.5. The summed E-state index contributed by atoms with van der Waals surface area (Å²) in [5, 5.41) is 0. The van der Waals surface area contributed by atoms with Gasteiger partial charge in [0.05, 0.1) is 10.6 Å². The minimum Gasteiger partial charge on any atom is -0.263 e. The predicted octanol–water partition coefficient (Wildman–Crippen LogP) is 2.16. The van der Waals surface area contributed by atoms with Gasteiger partial charge in [-0.05, 0) is 24.4 Å². The van der Waals surface area contributed by atoms with Gasteiger partial charge in [0, 0.05) is 12.1 Å². The van der Waals surface area contributed by atoms with Gasteiger partial charge in [0.25, 0.3) is 0 Å². The zero-order valence-corrected chi connectivity index (χ0v) is 9.27. The number of halogens is 1. The van der Waals surface area contributed by atoms with E-state index in [1.807, 2.05) is 0 Å². The van der Waals surface area contributed by atoms with Gasteiger partial charge in [-0.25, -0.2) is 8.42 Å². The lowest BCUT2D eigenvalue weighted by molar-refractivity contribution is 0.602. The van der Waals surface area contributed by atoms with Crippen LogP contribution < -0.4 is 0 Å². The summed E-state index contributed by atoms with van der Waals surface area (Å²) in [4.78, 5) is 3.81. The van der Waals surface area contributed by atoms with Crippen LogP contribution in [-0.4, -0.2) is 21.4 Å². The summed E-state index contributed by atoms with van der Waals surface area (Å²) < 4.78 is 22.7. The molecule has 3 nitrogen and oxygen atoms in total. The molecule has 0 fully saturated rings. The van der Waals surface area contributed by atoms with Gasteiger partial charge in [-0.15, -0.1) is 11.6 Å². The Balaban J connectivity index is 3.44. The summed E-state index contributed by atoms with van der Waals surface area (Å²) in [5.41, 5.74) is 1.11. The Morgan fingerprint density at radius 2 is 2.14 bits per heavy atom. The molecule has 5 heteroatoms. The van der Waals surface area contributed by atoms with E-state index in [2.05, 4.69) is 11.7 Å². The van der Waals surface area contributed by atoms with Crippen LogP contribution in [-0.2, 0) is 15.7 Å². The molecule has 0 N–H and O–H groups in total. The van der Waals surface area contributed by atoms with Crippen molar-refractivity contribution >= 4 is 33.8 Å². The van der Waals surface area contributed by atoms with Crippen LogP contribution in [0.2, 0.25) is 0 Å². The first-order valence-corrected chi connectivity index (χ1v) is 6.27. The Kier molecular flexibility index (Phi) is 3.29. The molecule has 0 saturated heterocycles. The van der Waals surface area contributed by atoms with Crippen molar-refractivity contribution in [2.75, 3.05) is 6.26 Å². The first kappa shape index (κ1) is 11.2. The van der Waals surface area contributed by atoms with Crippen molar-refractivity contribution in [3.8, 4) is 0 Å². The third-order valence-corrected chi connectivity index (χ3v) is 3.18. The van der Waals surface area contributed by atoms with E-state index in [1.165, 1.54) is 6.07 Å². The maximum Gasteiger partial charge on any atom is 0.177 e. The summed E-state index contributed by atoms with van der Waals surface area (Å²) in [6, 6.07) is 4.85.